The Kier molecular flexibility index (Phi) is 7.32. The molecule has 0 aliphatic rings. The molecule has 1 aromatic heterocycles. The average molecular weight is 341 g/mol. The Balaban J connectivity index is 0.00000264. The fourth-order valence-electron chi connectivity index (χ4n) is 2.62. The molecule has 0 unspecified atom stereocenters. The molecule has 7 heteroatoms. The third kappa shape index (κ3) is 4.36. The minimum absolute atomic E-state index is 0. The van der Waals surface area contributed by atoms with Crippen LogP contribution in [0.15, 0.2) is 29.1 Å². The molecule has 2 N–H and O–H groups in total. The quantitative estimate of drug-likeness (QED) is 0.799. The lowest BCUT2D eigenvalue weighted by Gasteiger charge is -2.13. The number of halogens is 1. The maximum atomic E-state index is 12.4. The van der Waals surface area contributed by atoms with E-state index >= 15 is 0 Å². The number of nitrogens with one attached hydrogen (secondary N) is 2. The van der Waals surface area contributed by atoms with Crippen LogP contribution in [-0.4, -0.2) is 34.2 Å². The predicted molar refractivity (Wildman–Crippen MR) is 95.3 cm³/mol. The van der Waals surface area contributed by atoms with Gasteiger partial charge in [0.1, 0.15) is 6.54 Å². The summed E-state index contributed by atoms with van der Waals surface area (Å²) < 4.78 is 3.22. The second-order valence-electron chi connectivity index (χ2n) is 5.36. The van der Waals surface area contributed by atoms with Gasteiger partial charge >= 0.3 is 5.69 Å². The van der Waals surface area contributed by atoms with Crippen molar-refractivity contribution in [2.75, 3.05) is 13.1 Å². The molecule has 0 radical (unpaired) electrons. The SMILES string of the molecule is CCN[C@H](C)CNC(=O)Cn1c(=O)n(CC)c2ccccc21.Cl. The maximum absolute atomic E-state index is 12.4. The first kappa shape index (κ1) is 19.3. The highest BCUT2D eigenvalue weighted by Gasteiger charge is 2.14. The van der Waals surface area contributed by atoms with Gasteiger partial charge < -0.3 is 10.6 Å². The molecule has 23 heavy (non-hydrogen) atoms. The number of carbonyl (C=O) groups excluding carboxylic acids is 1. The van der Waals surface area contributed by atoms with E-state index in [0.717, 1.165) is 17.6 Å². The summed E-state index contributed by atoms with van der Waals surface area (Å²) in [5, 5.41) is 6.10. The van der Waals surface area contributed by atoms with Crippen LogP contribution in [0.5, 0.6) is 0 Å². The normalized spacial score (nSPS) is 12.0. The molecule has 0 aliphatic heterocycles. The molecule has 128 valence electrons. The molecular weight excluding hydrogens is 316 g/mol. The minimum Gasteiger partial charge on any atom is -0.353 e. The monoisotopic (exact) mass is 340 g/mol. The number of aromatic nitrogens is 2. The third-order valence-corrected chi connectivity index (χ3v) is 3.70. The number of para-hydroxylation sites is 2. The van der Waals surface area contributed by atoms with Crippen molar-refractivity contribution in [1.29, 1.82) is 0 Å². The molecule has 2 aromatic rings. The Labute approximate surface area is 142 Å². The minimum atomic E-state index is -0.147. The summed E-state index contributed by atoms with van der Waals surface area (Å²) in [6.07, 6.45) is 0. The van der Waals surface area contributed by atoms with E-state index in [-0.39, 0.29) is 36.6 Å². The number of aryl methyl sites for hydroxylation is 1. The van der Waals surface area contributed by atoms with Crippen molar-refractivity contribution in [1.82, 2.24) is 19.8 Å². The Morgan fingerprint density at radius 2 is 1.78 bits per heavy atom. The molecule has 1 aromatic carbocycles. The standard InChI is InChI=1S/C16H24N4O2.ClH/c1-4-17-12(3)10-18-15(21)11-20-14-9-7-6-8-13(14)19(5-2)16(20)22;/h6-9,12,17H,4-5,10-11H2,1-3H3,(H,18,21);1H/t12-;/m1./s1. The number of fused-ring (bicyclic) bond motifs is 1. The van der Waals surface area contributed by atoms with Crippen molar-refractivity contribution < 1.29 is 4.79 Å². The summed E-state index contributed by atoms with van der Waals surface area (Å²) in [4.78, 5) is 24.5. The van der Waals surface area contributed by atoms with Crippen LogP contribution in [-0.2, 0) is 17.9 Å². The first-order chi connectivity index (χ1) is 10.6. The Morgan fingerprint density at radius 1 is 1.17 bits per heavy atom. The van der Waals surface area contributed by atoms with Gasteiger partial charge in [0.2, 0.25) is 5.91 Å². The molecule has 0 bridgehead atoms. The van der Waals surface area contributed by atoms with Gasteiger partial charge in [-0.15, -0.1) is 12.4 Å². The van der Waals surface area contributed by atoms with Gasteiger partial charge in [0, 0.05) is 19.1 Å². The number of carbonyl (C=O) groups is 1. The zero-order valence-corrected chi connectivity index (χ0v) is 14.7. The van der Waals surface area contributed by atoms with Crippen molar-refractivity contribution in [2.45, 2.75) is 39.9 Å². The zero-order chi connectivity index (χ0) is 16.1. The van der Waals surface area contributed by atoms with E-state index in [1.54, 1.807) is 4.57 Å². The van der Waals surface area contributed by atoms with Crippen LogP contribution in [0.3, 0.4) is 0 Å². The molecule has 6 nitrogen and oxygen atoms in total. The van der Waals surface area contributed by atoms with Gasteiger partial charge in [-0.25, -0.2) is 4.79 Å². The van der Waals surface area contributed by atoms with Crippen LogP contribution in [0.25, 0.3) is 11.0 Å². The van der Waals surface area contributed by atoms with Crippen molar-refractivity contribution in [3.8, 4) is 0 Å². The summed E-state index contributed by atoms with van der Waals surface area (Å²) in [7, 11) is 0. The van der Waals surface area contributed by atoms with Crippen LogP contribution in [0.1, 0.15) is 20.8 Å². The van der Waals surface area contributed by atoms with Crippen molar-refractivity contribution >= 4 is 29.3 Å². The smallest absolute Gasteiger partial charge is 0.329 e. The van der Waals surface area contributed by atoms with Gasteiger partial charge in [-0.3, -0.25) is 13.9 Å². The number of amides is 1. The fraction of sp³-hybridized carbons (Fsp3) is 0.500. The van der Waals surface area contributed by atoms with Crippen LogP contribution in [0.4, 0.5) is 0 Å². The first-order valence-electron chi connectivity index (χ1n) is 7.76. The van der Waals surface area contributed by atoms with Crippen molar-refractivity contribution in [3.05, 3.63) is 34.7 Å². The molecule has 0 fully saturated rings. The molecular formula is C16H25ClN4O2. The van der Waals surface area contributed by atoms with E-state index in [1.807, 2.05) is 45.0 Å². The second kappa shape index (κ2) is 8.74. The zero-order valence-electron chi connectivity index (χ0n) is 13.8. The predicted octanol–water partition coefficient (Wildman–Crippen LogP) is 1.36. The van der Waals surface area contributed by atoms with Gasteiger partial charge in [0.05, 0.1) is 11.0 Å². The number of nitrogens with zero attached hydrogens (tertiary/aromatic N) is 2. The van der Waals surface area contributed by atoms with E-state index in [9.17, 15) is 9.59 Å². The summed E-state index contributed by atoms with van der Waals surface area (Å²) in [6, 6.07) is 7.77. The molecule has 0 saturated carbocycles. The molecule has 1 heterocycles. The van der Waals surface area contributed by atoms with Gasteiger partial charge in [0.25, 0.3) is 0 Å². The van der Waals surface area contributed by atoms with Crippen molar-refractivity contribution in [2.24, 2.45) is 0 Å². The Morgan fingerprint density at radius 3 is 2.35 bits per heavy atom. The first-order valence-corrected chi connectivity index (χ1v) is 7.76. The van der Waals surface area contributed by atoms with E-state index in [4.69, 9.17) is 0 Å². The molecule has 1 atom stereocenters. The van der Waals surface area contributed by atoms with Crippen LogP contribution >= 0.6 is 12.4 Å². The number of hydrogen-bond acceptors (Lipinski definition) is 3. The third-order valence-electron chi connectivity index (χ3n) is 3.70. The highest BCUT2D eigenvalue weighted by Crippen LogP contribution is 2.12. The maximum Gasteiger partial charge on any atom is 0.329 e. The van der Waals surface area contributed by atoms with Gasteiger partial charge in [-0.2, -0.15) is 0 Å². The van der Waals surface area contributed by atoms with Crippen LogP contribution < -0.4 is 16.3 Å². The number of benzene rings is 1. The van der Waals surface area contributed by atoms with E-state index in [2.05, 4.69) is 10.6 Å². The van der Waals surface area contributed by atoms with Crippen molar-refractivity contribution in [3.63, 3.8) is 0 Å². The number of imidazole rings is 1. The van der Waals surface area contributed by atoms with Crippen LogP contribution in [0.2, 0.25) is 0 Å². The largest absolute Gasteiger partial charge is 0.353 e. The molecule has 2 rings (SSSR count). The van der Waals surface area contributed by atoms with E-state index in [1.165, 1.54) is 4.57 Å². The average Bonchev–Trinajstić information content (AvgIpc) is 2.78. The summed E-state index contributed by atoms with van der Waals surface area (Å²) in [6.45, 7) is 8.01. The summed E-state index contributed by atoms with van der Waals surface area (Å²) in [5.41, 5.74) is 1.52. The summed E-state index contributed by atoms with van der Waals surface area (Å²) >= 11 is 0. The second-order valence-corrected chi connectivity index (χ2v) is 5.36. The lowest BCUT2D eigenvalue weighted by Crippen LogP contribution is -2.41. The van der Waals surface area contributed by atoms with Gasteiger partial charge in [-0.05, 0) is 32.5 Å². The Hall–Kier alpha value is -1.79. The number of hydrogen-bond donors (Lipinski definition) is 2. The highest BCUT2D eigenvalue weighted by molar-refractivity contribution is 5.85. The molecule has 0 aliphatic carbocycles. The van der Waals surface area contributed by atoms with Crippen LogP contribution in [0, 0.1) is 0 Å². The molecule has 1 amide bonds. The molecule has 0 spiro atoms. The van der Waals surface area contributed by atoms with Gasteiger partial charge in [0.15, 0.2) is 0 Å². The van der Waals surface area contributed by atoms with E-state index < -0.39 is 0 Å². The number of rotatable bonds is 7. The lowest BCUT2D eigenvalue weighted by atomic mass is 10.3. The number of likely N-dealkylation sites (N-methyl/N-ethyl adjacent to an activating group) is 1. The topological polar surface area (TPSA) is 68.1 Å². The van der Waals surface area contributed by atoms with E-state index in [0.29, 0.717) is 13.1 Å². The van der Waals surface area contributed by atoms with Gasteiger partial charge in [-0.1, -0.05) is 19.1 Å². The fourth-order valence-corrected chi connectivity index (χ4v) is 2.62. The Bertz CT molecular complexity index is 708. The molecule has 0 saturated heterocycles. The summed E-state index contributed by atoms with van der Waals surface area (Å²) in [5.74, 6) is -0.147. The highest BCUT2D eigenvalue weighted by atomic mass is 35.5. The lowest BCUT2D eigenvalue weighted by molar-refractivity contribution is -0.121.